The van der Waals surface area contributed by atoms with Crippen molar-refractivity contribution in [2.24, 2.45) is 0 Å². The van der Waals surface area contributed by atoms with E-state index in [4.69, 9.17) is 4.98 Å². The lowest BCUT2D eigenvalue weighted by atomic mass is 10.2. The molecule has 1 aliphatic heterocycles. The van der Waals surface area contributed by atoms with Gasteiger partial charge in [0.1, 0.15) is 45.1 Å². The van der Waals surface area contributed by atoms with Gasteiger partial charge in [-0.05, 0) is 12.1 Å². The van der Waals surface area contributed by atoms with E-state index in [1.54, 1.807) is 9.80 Å². The van der Waals surface area contributed by atoms with E-state index in [1.165, 1.54) is 31.7 Å². The molecule has 0 bridgehead atoms. The highest BCUT2D eigenvalue weighted by atomic mass is 15.3. The number of hydrogen-bond donors (Lipinski definition) is 2. The molecule has 0 aliphatic carbocycles. The van der Waals surface area contributed by atoms with E-state index in [1.807, 2.05) is 12.1 Å². The summed E-state index contributed by atoms with van der Waals surface area (Å²) in [5, 5.41) is 10.2. The summed E-state index contributed by atoms with van der Waals surface area (Å²) in [4.78, 5) is 8.14. The summed E-state index contributed by atoms with van der Waals surface area (Å²) < 4.78 is 2.19. The molecule has 1 saturated heterocycles. The smallest absolute Gasteiger partial charge is 0.194 e. The van der Waals surface area contributed by atoms with Crippen LogP contribution >= 0.6 is 0 Å². The van der Waals surface area contributed by atoms with Crippen molar-refractivity contribution in [1.29, 1.82) is 0 Å². The number of aromatic nitrogens is 4. The topological polar surface area (TPSA) is 52.0 Å². The Balaban J connectivity index is 1.33. The van der Waals surface area contributed by atoms with Gasteiger partial charge in [0, 0.05) is 17.4 Å². The van der Waals surface area contributed by atoms with Crippen LogP contribution < -0.4 is 9.80 Å². The van der Waals surface area contributed by atoms with E-state index in [0.717, 1.165) is 47.7 Å². The zero-order chi connectivity index (χ0) is 19.6. The minimum atomic E-state index is 0.872. The maximum atomic E-state index is 4.88. The zero-order valence-electron chi connectivity index (χ0n) is 16.9. The van der Waals surface area contributed by atoms with Crippen molar-refractivity contribution in [2.75, 3.05) is 26.2 Å². The first-order valence-corrected chi connectivity index (χ1v) is 10.6. The molecule has 6 nitrogen and oxygen atoms in total. The van der Waals surface area contributed by atoms with Crippen molar-refractivity contribution in [3.05, 3.63) is 71.8 Å². The van der Waals surface area contributed by atoms with Crippen molar-refractivity contribution in [3.8, 4) is 0 Å². The van der Waals surface area contributed by atoms with Crippen LogP contribution in [0.3, 0.4) is 0 Å². The second kappa shape index (κ2) is 7.89. The monoisotopic (exact) mass is 388 g/mol. The first kappa shape index (κ1) is 18.2. The molecule has 0 atom stereocenters. The molecule has 0 spiro atoms. The molecule has 3 heterocycles. The molecule has 2 aromatic carbocycles. The van der Waals surface area contributed by atoms with Gasteiger partial charge in [0.25, 0.3) is 0 Å². The first-order valence-electron chi connectivity index (χ1n) is 10.6. The number of para-hydroxylation sites is 1. The third-order valence-corrected chi connectivity index (χ3v) is 6.07. The summed E-state index contributed by atoms with van der Waals surface area (Å²) in [5.74, 6) is 2.09. The quantitative estimate of drug-likeness (QED) is 0.518. The van der Waals surface area contributed by atoms with Gasteiger partial charge in [-0.3, -0.25) is 4.40 Å². The summed E-state index contributed by atoms with van der Waals surface area (Å²) in [5.41, 5.74) is 3.37. The third-order valence-electron chi connectivity index (χ3n) is 6.07. The number of aryl methyl sites for hydroxylation is 1. The molecule has 2 aromatic heterocycles. The van der Waals surface area contributed by atoms with Gasteiger partial charge in [0.2, 0.25) is 0 Å². The molecule has 5 rings (SSSR count). The zero-order valence-corrected chi connectivity index (χ0v) is 16.9. The Bertz CT molecular complexity index is 1110. The predicted molar refractivity (Wildman–Crippen MR) is 113 cm³/mol. The minimum Gasteiger partial charge on any atom is -0.322 e. The lowest BCUT2D eigenvalue weighted by molar-refractivity contribution is -1.02. The van der Waals surface area contributed by atoms with Crippen LogP contribution in [0.2, 0.25) is 0 Å². The Morgan fingerprint density at radius 2 is 1.48 bits per heavy atom. The minimum absolute atomic E-state index is 0.872. The van der Waals surface area contributed by atoms with Gasteiger partial charge in [-0.2, -0.15) is 0 Å². The molecule has 29 heavy (non-hydrogen) atoms. The first-order chi connectivity index (χ1) is 14.3. The van der Waals surface area contributed by atoms with Gasteiger partial charge in [-0.1, -0.05) is 49.4 Å². The number of fused-ring (bicyclic) bond motifs is 3. The van der Waals surface area contributed by atoms with Crippen LogP contribution in [0.5, 0.6) is 0 Å². The molecule has 1 fully saturated rings. The number of quaternary nitrogens is 2. The lowest BCUT2D eigenvalue weighted by Gasteiger charge is -2.29. The number of nitrogens with one attached hydrogen (secondary N) is 2. The Kier molecular flexibility index (Phi) is 4.96. The van der Waals surface area contributed by atoms with Crippen molar-refractivity contribution in [2.45, 2.75) is 26.4 Å². The van der Waals surface area contributed by atoms with Crippen LogP contribution in [0.25, 0.3) is 16.6 Å². The average molecular weight is 389 g/mol. The molecule has 0 unspecified atom stereocenters. The molecule has 0 amide bonds. The Hall–Kier alpha value is -2.83. The molecular weight excluding hydrogens is 360 g/mol. The van der Waals surface area contributed by atoms with E-state index in [-0.39, 0.29) is 0 Å². The number of piperazine rings is 1. The van der Waals surface area contributed by atoms with Gasteiger partial charge in [-0.25, -0.2) is 4.98 Å². The highest BCUT2D eigenvalue weighted by molar-refractivity contribution is 5.91. The molecule has 6 heteroatoms. The molecule has 1 aliphatic rings. The fraction of sp³-hybridized carbons (Fsp3) is 0.348. The van der Waals surface area contributed by atoms with Gasteiger partial charge in [-0.15, -0.1) is 10.2 Å². The second-order valence-corrected chi connectivity index (χ2v) is 8.01. The molecule has 2 N–H and O–H groups in total. The fourth-order valence-electron chi connectivity index (χ4n) is 4.48. The Morgan fingerprint density at radius 3 is 2.24 bits per heavy atom. The number of rotatable bonds is 5. The maximum absolute atomic E-state index is 4.88. The van der Waals surface area contributed by atoms with Crippen LogP contribution in [0.4, 0.5) is 0 Å². The Labute approximate surface area is 170 Å². The van der Waals surface area contributed by atoms with Crippen LogP contribution in [0.1, 0.15) is 24.1 Å². The van der Waals surface area contributed by atoms with Crippen LogP contribution in [0.15, 0.2) is 54.6 Å². The van der Waals surface area contributed by atoms with E-state index in [0.29, 0.717) is 0 Å². The number of nitrogens with zero attached hydrogens (tertiary/aromatic N) is 4. The van der Waals surface area contributed by atoms with Crippen molar-refractivity contribution >= 4 is 16.6 Å². The van der Waals surface area contributed by atoms with E-state index >= 15 is 0 Å². The summed E-state index contributed by atoms with van der Waals surface area (Å²) in [7, 11) is 0. The third kappa shape index (κ3) is 3.61. The molecular formula is C23H28N6+2. The number of benzene rings is 2. The molecule has 4 aromatic rings. The summed E-state index contributed by atoms with van der Waals surface area (Å²) in [6, 6.07) is 19.1. The van der Waals surface area contributed by atoms with Gasteiger partial charge in [0.05, 0.1) is 5.52 Å². The SMILES string of the molecule is CCc1nc2ccccc2c2nnc(C[NH+]3CC[NH+](Cc4ccccc4)CC3)n12. The standard InChI is InChI=1S/C23H26N6/c1-2-21-24-20-11-7-6-10-19(20)23-26-25-22(29(21)23)17-28-14-12-27(13-15-28)16-18-8-4-3-5-9-18/h3-11H,2,12-17H2,1H3/p+2. The van der Waals surface area contributed by atoms with E-state index < -0.39 is 0 Å². The largest absolute Gasteiger partial charge is 0.322 e. The second-order valence-electron chi connectivity index (χ2n) is 8.01. The van der Waals surface area contributed by atoms with Crippen molar-refractivity contribution < 1.29 is 9.80 Å². The molecule has 0 saturated carbocycles. The highest BCUT2D eigenvalue weighted by Gasteiger charge is 2.25. The normalized spacial score (nSPS) is 19.8. The van der Waals surface area contributed by atoms with E-state index in [2.05, 4.69) is 64.0 Å². The fourth-order valence-corrected chi connectivity index (χ4v) is 4.48. The van der Waals surface area contributed by atoms with Crippen LogP contribution in [-0.2, 0) is 19.5 Å². The lowest BCUT2D eigenvalue weighted by Crippen LogP contribution is -3.27. The van der Waals surface area contributed by atoms with Gasteiger partial charge in [0.15, 0.2) is 11.5 Å². The van der Waals surface area contributed by atoms with Crippen molar-refractivity contribution in [3.63, 3.8) is 0 Å². The molecule has 148 valence electrons. The van der Waals surface area contributed by atoms with Gasteiger partial charge < -0.3 is 9.80 Å². The maximum Gasteiger partial charge on any atom is 0.194 e. The summed E-state index contributed by atoms with van der Waals surface area (Å²) in [6.07, 6.45) is 0.872. The van der Waals surface area contributed by atoms with E-state index in [9.17, 15) is 0 Å². The Morgan fingerprint density at radius 1 is 0.793 bits per heavy atom. The van der Waals surface area contributed by atoms with Crippen LogP contribution in [-0.4, -0.2) is 45.8 Å². The molecule has 0 radical (unpaired) electrons. The highest BCUT2D eigenvalue weighted by Crippen LogP contribution is 2.19. The van der Waals surface area contributed by atoms with Crippen LogP contribution in [0, 0.1) is 0 Å². The number of hydrogen-bond acceptors (Lipinski definition) is 3. The average Bonchev–Trinajstić information content (AvgIpc) is 3.19. The summed E-state index contributed by atoms with van der Waals surface area (Å²) >= 11 is 0. The predicted octanol–water partition coefficient (Wildman–Crippen LogP) is 0.324. The van der Waals surface area contributed by atoms with Crippen molar-refractivity contribution in [1.82, 2.24) is 19.6 Å². The van der Waals surface area contributed by atoms with Gasteiger partial charge >= 0.3 is 0 Å². The summed E-state index contributed by atoms with van der Waals surface area (Å²) in [6.45, 7) is 8.91.